The number of nitrogens with zero attached hydrogens (tertiary/aromatic N) is 1. The molecule has 1 aromatic carbocycles. The lowest BCUT2D eigenvalue weighted by Gasteiger charge is -2.08. The molecule has 1 rings (SSSR count). The van der Waals surface area contributed by atoms with Crippen LogP contribution < -0.4 is 15.8 Å². The number of benzene rings is 1. The predicted molar refractivity (Wildman–Crippen MR) is 66.7 cm³/mol. The molecular formula is C12H14F3N3O. The summed E-state index contributed by atoms with van der Waals surface area (Å²) in [6.45, 7) is 4.27. The Bertz CT molecular complexity index is 441. The van der Waals surface area contributed by atoms with Gasteiger partial charge >= 0.3 is 6.36 Å². The van der Waals surface area contributed by atoms with Gasteiger partial charge in [-0.2, -0.15) is 0 Å². The van der Waals surface area contributed by atoms with Gasteiger partial charge in [0.15, 0.2) is 5.96 Å². The molecule has 0 aliphatic heterocycles. The minimum Gasteiger partial charge on any atom is -0.406 e. The van der Waals surface area contributed by atoms with E-state index in [1.54, 1.807) is 6.08 Å². The van der Waals surface area contributed by atoms with E-state index < -0.39 is 6.36 Å². The highest BCUT2D eigenvalue weighted by molar-refractivity contribution is 5.77. The summed E-state index contributed by atoms with van der Waals surface area (Å²) in [6.07, 6.45) is -3.05. The Balaban J connectivity index is 2.55. The zero-order valence-corrected chi connectivity index (χ0v) is 10.1. The Morgan fingerprint density at radius 2 is 2.00 bits per heavy atom. The third kappa shape index (κ3) is 6.35. The molecule has 0 unspecified atom stereocenters. The molecule has 0 saturated carbocycles. The molecule has 0 radical (unpaired) electrons. The normalized spacial score (nSPS) is 12.1. The van der Waals surface area contributed by atoms with Crippen LogP contribution in [0.1, 0.15) is 5.56 Å². The maximum absolute atomic E-state index is 11.9. The number of alkyl halides is 3. The summed E-state index contributed by atoms with van der Waals surface area (Å²) in [4.78, 5) is 4.01. The standard InChI is InChI=1S/C12H14F3N3O/c1-2-7-17-11(16)18-8-9-3-5-10(6-4-9)19-12(13,14)15/h2-6H,1,7-8H2,(H3,16,17,18). The van der Waals surface area contributed by atoms with Gasteiger partial charge in [0.1, 0.15) is 5.75 Å². The third-order valence-corrected chi connectivity index (χ3v) is 2.02. The van der Waals surface area contributed by atoms with Crippen LogP contribution in [0.15, 0.2) is 41.9 Å². The molecular weight excluding hydrogens is 259 g/mol. The fraction of sp³-hybridized carbons (Fsp3) is 0.250. The number of rotatable bonds is 5. The highest BCUT2D eigenvalue weighted by Gasteiger charge is 2.30. The van der Waals surface area contributed by atoms with Crippen molar-refractivity contribution in [1.82, 2.24) is 5.32 Å². The van der Waals surface area contributed by atoms with E-state index in [-0.39, 0.29) is 18.3 Å². The summed E-state index contributed by atoms with van der Waals surface area (Å²) >= 11 is 0. The third-order valence-electron chi connectivity index (χ3n) is 2.02. The van der Waals surface area contributed by atoms with Crippen molar-refractivity contribution in [3.8, 4) is 5.75 Å². The lowest BCUT2D eigenvalue weighted by atomic mass is 10.2. The van der Waals surface area contributed by atoms with Crippen LogP contribution in [-0.2, 0) is 6.54 Å². The number of hydrogen-bond acceptors (Lipinski definition) is 2. The van der Waals surface area contributed by atoms with Crippen molar-refractivity contribution in [2.45, 2.75) is 12.9 Å². The molecule has 0 bridgehead atoms. The fourth-order valence-electron chi connectivity index (χ4n) is 1.21. The van der Waals surface area contributed by atoms with E-state index in [0.717, 1.165) is 5.56 Å². The number of nitrogens with two attached hydrogens (primary N) is 1. The number of halogens is 3. The second-order valence-corrected chi connectivity index (χ2v) is 3.56. The minimum atomic E-state index is -4.68. The van der Waals surface area contributed by atoms with Crippen molar-refractivity contribution in [3.63, 3.8) is 0 Å². The van der Waals surface area contributed by atoms with E-state index >= 15 is 0 Å². The van der Waals surface area contributed by atoms with Crippen LogP contribution in [0, 0.1) is 0 Å². The van der Waals surface area contributed by atoms with E-state index in [1.165, 1.54) is 24.3 Å². The van der Waals surface area contributed by atoms with Gasteiger partial charge in [0.2, 0.25) is 0 Å². The van der Waals surface area contributed by atoms with E-state index in [9.17, 15) is 13.2 Å². The van der Waals surface area contributed by atoms with Crippen LogP contribution >= 0.6 is 0 Å². The van der Waals surface area contributed by atoms with Crippen molar-refractivity contribution in [3.05, 3.63) is 42.5 Å². The molecule has 0 heterocycles. The molecule has 0 amide bonds. The van der Waals surface area contributed by atoms with Crippen molar-refractivity contribution < 1.29 is 17.9 Å². The first-order chi connectivity index (χ1) is 8.90. The summed E-state index contributed by atoms with van der Waals surface area (Å²) in [7, 11) is 0. The summed E-state index contributed by atoms with van der Waals surface area (Å²) in [5.41, 5.74) is 6.26. The molecule has 19 heavy (non-hydrogen) atoms. The highest BCUT2D eigenvalue weighted by atomic mass is 19.4. The Morgan fingerprint density at radius 3 is 2.53 bits per heavy atom. The number of nitrogens with one attached hydrogen (secondary N) is 1. The average Bonchev–Trinajstić information content (AvgIpc) is 2.33. The monoisotopic (exact) mass is 273 g/mol. The molecule has 1 aromatic rings. The van der Waals surface area contributed by atoms with Crippen LogP contribution in [0.3, 0.4) is 0 Å². The van der Waals surface area contributed by atoms with E-state index in [2.05, 4.69) is 21.6 Å². The molecule has 4 nitrogen and oxygen atoms in total. The van der Waals surface area contributed by atoms with Crippen molar-refractivity contribution in [1.29, 1.82) is 0 Å². The van der Waals surface area contributed by atoms with Gasteiger partial charge in [-0.1, -0.05) is 18.2 Å². The first kappa shape index (κ1) is 14.9. The number of aliphatic imine (C=N–C) groups is 1. The van der Waals surface area contributed by atoms with Crippen molar-refractivity contribution in [2.24, 2.45) is 10.7 Å². The molecule has 0 aliphatic carbocycles. The van der Waals surface area contributed by atoms with Gasteiger partial charge in [-0.25, -0.2) is 4.99 Å². The van der Waals surface area contributed by atoms with Crippen LogP contribution in [0.2, 0.25) is 0 Å². The Hall–Kier alpha value is -2.18. The maximum Gasteiger partial charge on any atom is 0.573 e. The predicted octanol–water partition coefficient (Wildman–Crippen LogP) is 2.18. The number of ether oxygens (including phenoxy) is 1. The van der Waals surface area contributed by atoms with Crippen molar-refractivity contribution in [2.75, 3.05) is 6.54 Å². The van der Waals surface area contributed by atoms with Gasteiger partial charge in [0.05, 0.1) is 6.54 Å². The maximum atomic E-state index is 11.9. The van der Waals surface area contributed by atoms with Gasteiger partial charge < -0.3 is 15.8 Å². The second kappa shape index (κ2) is 6.67. The van der Waals surface area contributed by atoms with Crippen LogP contribution in [-0.4, -0.2) is 18.9 Å². The molecule has 7 heteroatoms. The molecule has 0 aliphatic rings. The summed E-state index contributed by atoms with van der Waals surface area (Å²) in [5.74, 6) is -0.0199. The van der Waals surface area contributed by atoms with Crippen LogP contribution in [0.4, 0.5) is 13.2 Å². The van der Waals surface area contributed by atoms with Gasteiger partial charge in [-0.3, -0.25) is 0 Å². The zero-order valence-electron chi connectivity index (χ0n) is 10.1. The van der Waals surface area contributed by atoms with E-state index in [0.29, 0.717) is 6.54 Å². The SMILES string of the molecule is C=CCNC(N)=NCc1ccc(OC(F)(F)F)cc1. The van der Waals surface area contributed by atoms with Gasteiger partial charge in [0, 0.05) is 6.54 Å². The lowest BCUT2D eigenvalue weighted by Crippen LogP contribution is -2.31. The Kier molecular flexibility index (Phi) is 5.23. The van der Waals surface area contributed by atoms with Gasteiger partial charge in [-0.05, 0) is 17.7 Å². The minimum absolute atomic E-state index is 0.246. The first-order valence-corrected chi connectivity index (χ1v) is 5.40. The summed E-state index contributed by atoms with van der Waals surface area (Å²) in [6, 6.07) is 5.44. The molecule has 0 saturated heterocycles. The van der Waals surface area contributed by atoms with E-state index in [1.807, 2.05) is 0 Å². The smallest absolute Gasteiger partial charge is 0.406 e. The second-order valence-electron chi connectivity index (χ2n) is 3.56. The van der Waals surface area contributed by atoms with Gasteiger partial charge in [0.25, 0.3) is 0 Å². The number of hydrogen-bond donors (Lipinski definition) is 2. The average molecular weight is 273 g/mol. The van der Waals surface area contributed by atoms with Gasteiger partial charge in [-0.15, -0.1) is 19.8 Å². The van der Waals surface area contributed by atoms with E-state index in [4.69, 9.17) is 5.73 Å². The molecule has 0 aromatic heterocycles. The largest absolute Gasteiger partial charge is 0.573 e. The molecule has 0 fully saturated rings. The topological polar surface area (TPSA) is 59.6 Å². The first-order valence-electron chi connectivity index (χ1n) is 5.40. The summed E-state index contributed by atoms with van der Waals surface area (Å²) < 4.78 is 39.6. The Morgan fingerprint density at radius 1 is 1.37 bits per heavy atom. The quantitative estimate of drug-likeness (QED) is 0.491. The van der Waals surface area contributed by atoms with Crippen LogP contribution in [0.5, 0.6) is 5.75 Å². The zero-order chi connectivity index (χ0) is 14.3. The molecule has 104 valence electrons. The highest BCUT2D eigenvalue weighted by Crippen LogP contribution is 2.22. The summed E-state index contributed by atoms with van der Waals surface area (Å²) in [5, 5.41) is 2.78. The number of guanidine groups is 1. The molecule has 0 spiro atoms. The molecule has 0 atom stereocenters. The Labute approximate surface area is 108 Å². The molecule has 3 N–H and O–H groups in total. The van der Waals surface area contributed by atoms with Crippen LogP contribution in [0.25, 0.3) is 0 Å². The van der Waals surface area contributed by atoms with Crippen molar-refractivity contribution >= 4 is 5.96 Å². The fourth-order valence-corrected chi connectivity index (χ4v) is 1.21. The lowest BCUT2D eigenvalue weighted by molar-refractivity contribution is -0.274.